The van der Waals surface area contributed by atoms with E-state index in [1.807, 2.05) is 4.68 Å². The van der Waals surface area contributed by atoms with E-state index in [-0.39, 0.29) is 0 Å². The zero-order valence-electron chi connectivity index (χ0n) is 11.3. The molecule has 16 heavy (non-hydrogen) atoms. The first-order chi connectivity index (χ1) is 7.49. The van der Waals surface area contributed by atoms with Gasteiger partial charge in [0.05, 0.1) is 5.69 Å². The highest BCUT2D eigenvalue weighted by atomic mass is 15.4. The largest absolute Gasteiger partial charge is 0.252 e. The molecule has 0 saturated carbocycles. The molecule has 0 saturated heterocycles. The predicted octanol–water partition coefficient (Wildman–Crippen LogP) is 3.16. The van der Waals surface area contributed by atoms with Crippen LogP contribution in [-0.4, -0.2) is 15.0 Å². The van der Waals surface area contributed by atoms with Crippen LogP contribution in [0.4, 0.5) is 0 Å². The average Bonchev–Trinajstić information content (AvgIpc) is 2.62. The van der Waals surface area contributed by atoms with Crippen molar-refractivity contribution in [2.45, 2.75) is 54.0 Å². The molecule has 0 aliphatic rings. The van der Waals surface area contributed by atoms with Crippen LogP contribution in [0.3, 0.4) is 0 Å². The lowest BCUT2D eigenvalue weighted by Crippen LogP contribution is -2.07. The average molecular weight is 223 g/mol. The second-order valence-electron chi connectivity index (χ2n) is 5.58. The van der Waals surface area contributed by atoms with Gasteiger partial charge in [-0.1, -0.05) is 39.8 Å². The maximum atomic E-state index is 4.23. The maximum Gasteiger partial charge on any atom is 0.0829 e. The van der Waals surface area contributed by atoms with Crippen LogP contribution in [-0.2, 0) is 13.0 Å². The molecule has 1 atom stereocenters. The molecule has 0 spiro atoms. The lowest BCUT2D eigenvalue weighted by Gasteiger charge is -2.12. The Morgan fingerprint density at radius 3 is 2.44 bits per heavy atom. The third-order valence-electron chi connectivity index (χ3n) is 3.19. The van der Waals surface area contributed by atoms with Crippen molar-refractivity contribution in [2.75, 3.05) is 0 Å². The molecule has 1 aromatic rings. The van der Waals surface area contributed by atoms with E-state index in [0.29, 0.717) is 11.8 Å². The van der Waals surface area contributed by atoms with Crippen LogP contribution in [0, 0.1) is 17.8 Å². The van der Waals surface area contributed by atoms with Gasteiger partial charge in [-0.15, -0.1) is 5.10 Å². The molecule has 1 rings (SSSR count). The van der Waals surface area contributed by atoms with Gasteiger partial charge in [0.2, 0.25) is 0 Å². The summed E-state index contributed by atoms with van der Waals surface area (Å²) in [5.74, 6) is 2.11. The van der Waals surface area contributed by atoms with Crippen molar-refractivity contribution >= 4 is 0 Å². The standard InChI is InChI=1S/C13H25N3/c1-10(2)6-7-16-9-13(14-15-16)8-12(5)11(3)4/h9-12H,6-8H2,1-5H3. The van der Waals surface area contributed by atoms with Gasteiger partial charge in [-0.25, -0.2) is 0 Å². The third kappa shape index (κ3) is 4.33. The minimum atomic E-state index is 0.676. The molecule has 92 valence electrons. The topological polar surface area (TPSA) is 30.7 Å². The van der Waals surface area contributed by atoms with Gasteiger partial charge in [0.25, 0.3) is 0 Å². The number of nitrogens with zero attached hydrogens (tertiary/aromatic N) is 3. The predicted molar refractivity (Wildman–Crippen MR) is 67.2 cm³/mol. The number of hydrogen-bond acceptors (Lipinski definition) is 2. The Hall–Kier alpha value is -0.860. The Labute approximate surface area is 99.2 Å². The minimum Gasteiger partial charge on any atom is -0.252 e. The Bertz CT molecular complexity index is 302. The van der Waals surface area contributed by atoms with E-state index in [0.717, 1.165) is 24.6 Å². The first kappa shape index (κ1) is 13.2. The molecule has 0 aliphatic heterocycles. The maximum absolute atomic E-state index is 4.23. The molecule has 3 nitrogen and oxygen atoms in total. The molecule has 0 aromatic carbocycles. The molecule has 1 heterocycles. The Morgan fingerprint density at radius 1 is 1.19 bits per heavy atom. The quantitative estimate of drug-likeness (QED) is 0.741. The fraction of sp³-hybridized carbons (Fsp3) is 0.846. The van der Waals surface area contributed by atoms with Crippen molar-refractivity contribution in [1.82, 2.24) is 15.0 Å². The van der Waals surface area contributed by atoms with E-state index in [4.69, 9.17) is 0 Å². The van der Waals surface area contributed by atoms with Crippen LogP contribution in [0.25, 0.3) is 0 Å². The Morgan fingerprint density at radius 2 is 1.88 bits per heavy atom. The summed E-state index contributed by atoms with van der Waals surface area (Å²) in [5.41, 5.74) is 1.13. The molecule has 1 aromatic heterocycles. The van der Waals surface area contributed by atoms with E-state index in [9.17, 15) is 0 Å². The molecule has 3 heteroatoms. The van der Waals surface area contributed by atoms with Gasteiger partial charge in [0.1, 0.15) is 0 Å². The molecule has 0 amide bonds. The van der Waals surface area contributed by atoms with Gasteiger partial charge >= 0.3 is 0 Å². The van der Waals surface area contributed by atoms with Crippen molar-refractivity contribution in [2.24, 2.45) is 17.8 Å². The van der Waals surface area contributed by atoms with Crippen molar-refractivity contribution in [3.8, 4) is 0 Å². The monoisotopic (exact) mass is 223 g/mol. The van der Waals surface area contributed by atoms with Gasteiger partial charge in [-0.05, 0) is 30.6 Å². The van der Waals surface area contributed by atoms with E-state index < -0.39 is 0 Å². The summed E-state index contributed by atoms with van der Waals surface area (Å²) in [7, 11) is 0. The molecular formula is C13H25N3. The third-order valence-corrected chi connectivity index (χ3v) is 3.19. The van der Waals surface area contributed by atoms with Gasteiger partial charge in [0, 0.05) is 12.7 Å². The van der Waals surface area contributed by atoms with E-state index in [2.05, 4.69) is 51.1 Å². The van der Waals surface area contributed by atoms with Crippen molar-refractivity contribution in [3.05, 3.63) is 11.9 Å². The normalized spacial score (nSPS) is 13.7. The van der Waals surface area contributed by atoms with Crippen LogP contribution < -0.4 is 0 Å². The zero-order chi connectivity index (χ0) is 12.1. The minimum absolute atomic E-state index is 0.676. The highest BCUT2D eigenvalue weighted by Crippen LogP contribution is 2.14. The molecule has 0 bridgehead atoms. The molecule has 1 unspecified atom stereocenters. The summed E-state index contributed by atoms with van der Waals surface area (Å²) in [6, 6.07) is 0. The summed E-state index contributed by atoms with van der Waals surface area (Å²) < 4.78 is 1.97. The SMILES string of the molecule is CC(C)CCn1cc(CC(C)C(C)C)nn1. The molecule has 0 N–H and O–H groups in total. The lowest BCUT2D eigenvalue weighted by atomic mass is 9.94. The van der Waals surface area contributed by atoms with E-state index in [1.165, 1.54) is 6.42 Å². The molecule has 0 radical (unpaired) electrons. The second-order valence-corrected chi connectivity index (χ2v) is 5.58. The number of rotatable bonds is 6. The van der Waals surface area contributed by atoms with Crippen molar-refractivity contribution in [3.63, 3.8) is 0 Å². The summed E-state index contributed by atoms with van der Waals surface area (Å²) >= 11 is 0. The number of hydrogen-bond donors (Lipinski definition) is 0. The highest BCUT2D eigenvalue weighted by molar-refractivity contribution is 4.94. The van der Waals surface area contributed by atoms with Crippen molar-refractivity contribution < 1.29 is 0 Å². The number of aryl methyl sites for hydroxylation is 1. The van der Waals surface area contributed by atoms with Crippen molar-refractivity contribution in [1.29, 1.82) is 0 Å². The fourth-order valence-electron chi connectivity index (χ4n) is 1.50. The van der Waals surface area contributed by atoms with Crippen LogP contribution in [0.2, 0.25) is 0 Å². The van der Waals surface area contributed by atoms with Gasteiger partial charge in [0.15, 0.2) is 0 Å². The summed E-state index contributed by atoms with van der Waals surface area (Å²) in [4.78, 5) is 0. The smallest absolute Gasteiger partial charge is 0.0829 e. The van der Waals surface area contributed by atoms with Crippen LogP contribution in [0.1, 0.15) is 46.7 Å². The van der Waals surface area contributed by atoms with E-state index >= 15 is 0 Å². The number of aromatic nitrogens is 3. The van der Waals surface area contributed by atoms with Gasteiger partial charge in [-0.3, -0.25) is 4.68 Å². The highest BCUT2D eigenvalue weighted by Gasteiger charge is 2.10. The zero-order valence-corrected chi connectivity index (χ0v) is 11.3. The lowest BCUT2D eigenvalue weighted by molar-refractivity contribution is 0.413. The Balaban J connectivity index is 2.45. The first-order valence-corrected chi connectivity index (χ1v) is 6.38. The molecule has 0 fully saturated rings. The van der Waals surface area contributed by atoms with Crippen LogP contribution in [0.5, 0.6) is 0 Å². The first-order valence-electron chi connectivity index (χ1n) is 6.38. The second kappa shape index (κ2) is 6.02. The Kier molecular flexibility index (Phi) is 4.97. The van der Waals surface area contributed by atoms with Crippen LogP contribution >= 0.6 is 0 Å². The van der Waals surface area contributed by atoms with Crippen LogP contribution in [0.15, 0.2) is 6.20 Å². The van der Waals surface area contributed by atoms with Gasteiger partial charge in [-0.2, -0.15) is 0 Å². The summed E-state index contributed by atoms with van der Waals surface area (Å²) in [6.45, 7) is 12.2. The molecular weight excluding hydrogens is 198 g/mol. The van der Waals surface area contributed by atoms with E-state index in [1.54, 1.807) is 0 Å². The summed E-state index contributed by atoms with van der Waals surface area (Å²) in [5, 5.41) is 8.40. The summed E-state index contributed by atoms with van der Waals surface area (Å²) in [6.07, 6.45) is 4.31. The van der Waals surface area contributed by atoms with Gasteiger partial charge < -0.3 is 0 Å². The fourth-order valence-corrected chi connectivity index (χ4v) is 1.50. The molecule has 0 aliphatic carbocycles.